The second-order valence-corrected chi connectivity index (χ2v) is 8.60. The number of hydrogen-bond donors (Lipinski definition) is 0. The minimum absolute atomic E-state index is 0.140. The number of carbonyl (C=O) groups is 1. The summed E-state index contributed by atoms with van der Waals surface area (Å²) in [4.78, 5) is 14.4. The van der Waals surface area contributed by atoms with Crippen molar-refractivity contribution in [2.75, 3.05) is 19.4 Å². The molecule has 0 N–H and O–H groups in total. The van der Waals surface area contributed by atoms with Gasteiger partial charge in [0.25, 0.3) is 0 Å². The van der Waals surface area contributed by atoms with E-state index in [0.29, 0.717) is 13.0 Å². The molecule has 1 heterocycles. The number of piperidine rings is 1. The summed E-state index contributed by atoms with van der Waals surface area (Å²) in [6.07, 6.45) is 7.62. The van der Waals surface area contributed by atoms with Gasteiger partial charge in [0.15, 0.2) is 0 Å². The Balaban J connectivity index is 2.08. The van der Waals surface area contributed by atoms with Crippen molar-refractivity contribution in [2.24, 2.45) is 0 Å². The predicted octanol–water partition coefficient (Wildman–Crippen LogP) is 1.76. The molecule has 2 fully saturated rings. The Hall–Kier alpha value is -0.620. The number of hydrogen-bond acceptors (Lipinski definition) is 5. The number of rotatable bonds is 4. The Labute approximate surface area is 127 Å². The average molecular weight is 317 g/mol. The molecule has 1 aliphatic carbocycles. The molecule has 0 amide bonds. The van der Waals surface area contributed by atoms with E-state index < -0.39 is 9.84 Å². The summed E-state index contributed by atoms with van der Waals surface area (Å²) >= 11 is 0. The zero-order chi connectivity index (χ0) is 15.5. The van der Waals surface area contributed by atoms with E-state index in [2.05, 4.69) is 4.90 Å². The summed E-state index contributed by atoms with van der Waals surface area (Å²) in [7, 11) is -2.99. The summed E-state index contributed by atoms with van der Waals surface area (Å²) in [6, 6.07) is 0.0233. The minimum atomic E-state index is -2.99. The third kappa shape index (κ3) is 4.19. The van der Waals surface area contributed by atoms with Gasteiger partial charge in [-0.3, -0.25) is 9.69 Å². The molecule has 122 valence electrons. The first-order chi connectivity index (χ1) is 9.93. The molecule has 3 atom stereocenters. The van der Waals surface area contributed by atoms with Gasteiger partial charge in [-0.15, -0.1) is 0 Å². The molecule has 5 nitrogen and oxygen atoms in total. The van der Waals surface area contributed by atoms with Crippen molar-refractivity contribution < 1.29 is 17.9 Å². The van der Waals surface area contributed by atoms with Crippen molar-refractivity contribution in [1.82, 2.24) is 4.90 Å². The van der Waals surface area contributed by atoms with Gasteiger partial charge in [0, 0.05) is 12.3 Å². The van der Waals surface area contributed by atoms with Crippen LogP contribution in [0.1, 0.15) is 51.9 Å². The Morgan fingerprint density at radius 2 is 1.95 bits per heavy atom. The van der Waals surface area contributed by atoms with Crippen molar-refractivity contribution in [2.45, 2.75) is 69.2 Å². The monoisotopic (exact) mass is 317 g/mol. The lowest BCUT2D eigenvalue weighted by Crippen LogP contribution is -2.52. The molecule has 1 saturated heterocycles. The van der Waals surface area contributed by atoms with Gasteiger partial charge in [0.05, 0.1) is 11.9 Å². The van der Waals surface area contributed by atoms with E-state index in [1.165, 1.54) is 6.26 Å². The molecular weight excluding hydrogens is 290 g/mol. The van der Waals surface area contributed by atoms with Gasteiger partial charge in [0.1, 0.15) is 15.9 Å². The summed E-state index contributed by atoms with van der Waals surface area (Å²) < 4.78 is 28.8. The quantitative estimate of drug-likeness (QED) is 0.739. The predicted molar refractivity (Wildman–Crippen MR) is 81.9 cm³/mol. The van der Waals surface area contributed by atoms with Crippen molar-refractivity contribution in [3.63, 3.8) is 0 Å². The lowest BCUT2D eigenvalue weighted by Gasteiger charge is -2.42. The fraction of sp³-hybridized carbons (Fsp3) is 0.933. The van der Waals surface area contributed by atoms with E-state index in [0.717, 1.165) is 45.1 Å². The first-order valence-corrected chi connectivity index (χ1v) is 10.00. The lowest BCUT2D eigenvalue weighted by atomic mass is 9.90. The van der Waals surface area contributed by atoms with E-state index in [1.54, 1.807) is 0 Å². The van der Waals surface area contributed by atoms with Crippen LogP contribution in [0.2, 0.25) is 0 Å². The van der Waals surface area contributed by atoms with Gasteiger partial charge >= 0.3 is 5.97 Å². The molecule has 1 saturated carbocycles. The molecule has 2 rings (SSSR count). The normalized spacial score (nSPS) is 31.8. The molecule has 0 aromatic heterocycles. The Bertz CT molecular complexity index is 462. The molecule has 3 unspecified atom stereocenters. The van der Waals surface area contributed by atoms with Gasteiger partial charge in [-0.1, -0.05) is 12.8 Å². The first kappa shape index (κ1) is 16.7. The maximum absolute atomic E-state index is 12.1. The van der Waals surface area contributed by atoms with Crippen LogP contribution in [-0.4, -0.2) is 56.0 Å². The third-order valence-corrected chi connectivity index (χ3v) is 6.41. The third-order valence-electron chi connectivity index (χ3n) is 4.78. The van der Waals surface area contributed by atoms with Crippen LogP contribution in [0.5, 0.6) is 0 Å². The first-order valence-electron chi connectivity index (χ1n) is 8.04. The SMILES string of the molecule is CCOC(=O)C1CCCCN1C1CCCC(S(C)(=O)=O)C1. The van der Waals surface area contributed by atoms with Crippen LogP contribution in [0.25, 0.3) is 0 Å². The number of esters is 1. The van der Waals surface area contributed by atoms with Crippen LogP contribution in [0, 0.1) is 0 Å². The number of likely N-dealkylation sites (tertiary alicyclic amines) is 1. The van der Waals surface area contributed by atoms with Gasteiger partial charge in [-0.2, -0.15) is 0 Å². The van der Waals surface area contributed by atoms with E-state index >= 15 is 0 Å². The maximum Gasteiger partial charge on any atom is 0.323 e. The molecule has 2 aliphatic rings. The van der Waals surface area contributed by atoms with E-state index in [-0.39, 0.29) is 23.3 Å². The summed E-state index contributed by atoms with van der Waals surface area (Å²) in [5, 5.41) is -0.249. The van der Waals surface area contributed by atoms with Crippen LogP contribution >= 0.6 is 0 Å². The molecule has 0 spiro atoms. The number of ether oxygens (including phenoxy) is 1. The highest BCUT2D eigenvalue weighted by atomic mass is 32.2. The zero-order valence-corrected chi connectivity index (χ0v) is 13.9. The molecular formula is C15H27NO4S. The summed E-state index contributed by atoms with van der Waals surface area (Å²) in [5.74, 6) is -0.140. The van der Waals surface area contributed by atoms with Gasteiger partial charge in [0.2, 0.25) is 0 Å². The largest absolute Gasteiger partial charge is 0.465 e. The van der Waals surface area contributed by atoms with E-state index in [9.17, 15) is 13.2 Å². The minimum Gasteiger partial charge on any atom is -0.465 e. The topological polar surface area (TPSA) is 63.7 Å². The van der Waals surface area contributed by atoms with E-state index in [4.69, 9.17) is 4.74 Å². The van der Waals surface area contributed by atoms with Crippen LogP contribution in [0.15, 0.2) is 0 Å². The number of carbonyl (C=O) groups excluding carboxylic acids is 1. The fourth-order valence-corrected chi connectivity index (χ4v) is 4.86. The smallest absolute Gasteiger partial charge is 0.323 e. The highest BCUT2D eigenvalue weighted by molar-refractivity contribution is 7.91. The van der Waals surface area contributed by atoms with Gasteiger partial charge < -0.3 is 4.74 Å². The van der Waals surface area contributed by atoms with Crippen molar-refractivity contribution >= 4 is 15.8 Å². The molecule has 21 heavy (non-hydrogen) atoms. The maximum atomic E-state index is 12.1. The standard InChI is InChI=1S/C15H27NO4S/c1-3-20-15(17)14-9-4-5-10-16(14)12-7-6-8-13(11-12)21(2,18)19/h12-14H,3-11H2,1-2H3. The van der Waals surface area contributed by atoms with Crippen molar-refractivity contribution in [3.8, 4) is 0 Å². The van der Waals surface area contributed by atoms with Crippen LogP contribution in [-0.2, 0) is 19.4 Å². The van der Waals surface area contributed by atoms with Crippen molar-refractivity contribution in [1.29, 1.82) is 0 Å². The zero-order valence-electron chi connectivity index (χ0n) is 13.1. The average Bonchev–Trinajstić information content (AvgIpc) is 2.47. The number of nitrogens with zero attached hydrogens (tertiary/aromatic N) is 1. The molecule has 0 aromatic carbocycles. The summed E-state index contributed by atoms with van der Waals surface area (Å²) in [5.41, 5.74) is 0. The Morgan fingerprint density at radius 3 is 2.62 bits per heavy atom. The molecule has 0 radical (unpaired) electrons. The van der Waals surface area contributed by atoms with Crippen LogP contribution < -0.4 is 0 Å². The second kappa shape index (κ2) is 7.09. The van der Waals surface area contributed by atoms with Crippen molar-refractivity contribution in [3.05, 3.63) is 0 Å². The van der Waals surface area contributed by atoms with E-state index in [1.807, 2.05) is 6.92 Å². The van der Waals surface area contributed by atoms with Gasteiger partial charge in [-0.25, -0.2) is 8.42 Å². The van der Waals surface area contributed by atoms with Gasteiger partial charge in [-0.05, 0) is 45.6 Å². The fourth-order valence-electron chi connectivity index (χ4n) is 3.69. The number of sulfone groups is 1. The highest BCUT2D eigenvalue weighted by Gasteiger charge is 2.38. The molecule has 0 aromatic rings. The van der Waals surface area contributed by atoms with Crippen LogP contribution in [0.3, 0.4) is 0 Å². The highest BCUT2D eigenvalue weighted by Crippen LogP contribution is 2.31. The van der Waals surface area contributed by atoms with Crippen LogP contribution in [0.4, 0.5) is 0 Å². The Kier molecular flexibility index (Phi) is 5.66. The second-order valence-electron chi connectivity index (χ2n) is 6.27. The molecule has 1 aliphatic heterocycles. The molecule has 6 heteroatoms. The lowest BCUT2D eigenvalue weighted by molar-refractivity contribution is -0.152. The molecule has 0 bridgehead atoms. The summed E-state index contributed by atoms with van der Waals surface area (Å²) in [6.45, 7) is 3.11. The Morgan fingerprint density at radius 1 is 1.19 bits per heavy atom.